The number of benzene rings is 2. The van der Waals surface area contributed by atoms with Gasteiger partial charge in [-0.2, -0.15) is 4.98 Å². The summed E-state index contributed by atoms with van der Waals surface area (Å²) in [7, 11) is 2.15. The molecule has 0 radical (unpaired) electrons. The van der Waals surface area contributed by atoms with E-state index in [0.29, 0.717) is 23.3 Å². The highest BCUT2D eigenvalue weighted by Gasteiger charge is 2.28. The van der Waals surface area contributed by atoms with Crippen LogP contribution in [0.2, 0.25) is 0 Å². The first-order valence-corrected chi connectivity index (χ1v) is 13.4. The van der Waals surface area contributed by atoms with Crippen LogP contribution >= 0.6 is 11.3 Å². The van der Waals surface area contributed by atoms with Crippen molar-refractivity contribution in [1.82, 2.24) is 14.9 Å². The Hall–Kier alpha value is -3.89. The molecule has 1 aliphatic heterocycles. The van der Waals surface area contributed by atoms with Gasteiger partial charge in [-0.25, -0.2) is 9.78 Å². The summed E-state index contributed by atoms with van der Waals surface area (Å²) in [5.74, 6) is 1.33. The molecule has 1 amide bonds. The second kappa shape index (κ2) is 10.5. The van der Waals surface area contributed by atoms with Gasteiger partial charge >= 0.3 is 6.09 Å². The molecule has 38 heavy (non-hydrogen) atoms. The van der Waals surface area contributed by atoms with Crippen molar-refractivity contribution >= 4 is 50.7 Å². The van der Waals surface area contributed by atoms with Gasteiger partial charge in [0, 0.05) is 49.2 Å². The van der Waals surface area contributed by atoms with Crippen molar-refractivity contribution in [2.24, 2.45) is 0 Å². The maximum Gasteiger partial charge on any atom is 0.412 e. The second-order valence-electron chi connectivity index (χ2n) is 10.3. The number of thiophene rings is 1. The Labute approximate surface area is 226 Å². The molecule has 4 aromatic rings. The normalized spacial score (nSPS) is 14.5. The molecule has 1 saturated heterocycles. The minimum Gasteiger partial charge on any atom is -0.465 e. The van der Waals surface area contributed by atoms with Crippen molar-refractivity contribution in [3.05, 3.63) is 60.0 Å². The van der Waals surface area contributed by atoms with Gasteiger partial charge in [0.1, 0.15) is 10.4 Å². The van der Waals surface area contributed by atoms with Gasteiger partial charge in [-0.3, -0.25) is 4.90 Å². The number of hydrogen-bond donors (Lipinski definition) is 2. The molecule has 1 aliphatic rings. The highest BCUT2D eigenvalue weighted by atomic mass is 32.1. The molecule has 0 spiro atoms. The van der Waals surface area contributed by atoms with Crippen LogP contribution in [0.3, 0.4) is 0 Å². The van der Waals surface area contributed by atoms with Crippen molar-refractivity contribution in [1.29, 1.82) is 0 Å². The van der Waals surface area contributed by atoms with Crippen molar-refractivity contribution in [2.45, 2.75) is 26.3 Å². The molecule has 10 heteroatoms. The molecule has 3 heterocycles. The molecule has 1 fully saturated rings. The SMILES string of the molecule is CN1CCN(c2ccc(Nc3nc(Oc4cccc(N(C(=O)O)C(C)(C)C)c4)c4sccc4n3)cc2)CC1. The predicted molar refractivity (Wildman–Crippen MR) is 154 cm³/mol. The number of ether oxygens (including phenoxy) is 1. The summed E-state index contributed by atoms with van der Waals surface area (Å²) in [6.45, 7) is 9.71. The maximum atomic E-state index is 12.0. The van der Waals surface area contributed by atoms with Crippen molar-refractivity contribution in [3.8, 4) is 11.6 Å². The Balaban J connectivity index is 1.38. The number of nitrogens with zero attached hydrogens (tertiary/aromatic N) is 5. The number of carbonyl (C=O) groups is 1. The Bertz CT molecular complexity index is 1420. The number of fused-ring (bicyclic) bond motifs is 1. The number of anilines is 4. The number of hydrogen-bond acceptors (Lipinski definition) is 8. The lowest BCUT2D eigenvalue weighted by Gasteiger charge is -2.34. The number of aromatic nitrogens is 2. The summed E-state index contributed by atoms with van der Waals surface area (Å²) >= 11 is 1.49. The number of piperazine rings is 1. The molecule has 9 nitrogen and oxygen atoms in total. The molecular formula is C28H32N6O3S. The summed E-state index contributed by atoms with van der Waals surface area (Å²) in [5.41, 5.74) is 2.77. The van der Waals surface area contributed by atoms with Crippen molar-refractivity contribution in [2.75, 3.05) is 48.3 Å². The van der Waals surface area contributed by atoms with Gasteiger partial charge in [-0.1, -0.05) is 6.07 Å². The van der Waals surface area contributed by atoms with Crippen LogP contribution in [0, 0.1) is 0 Å². The van der Waals surface area contributed by atoms with E-state index in [1.165, 1.54) is 21.9 Å². The van der Waals surface area contributed by atoms with Crippen LogP contribution in [0.25, 0.3) is 10.2 Å². The van der Waals surface area contributed by atoms with E-state index < -0.39 is 11.6 Å². The largest absolute Gasteiger partial charge is 0.465 e. The van der Waals surface area contributed by atoms with E-state index in [1.807, 2.05) is 44.4 Å². The minimum atomic E-state index is -1.03. The summed E-state index contributed by atoms with van der Waals surface area (Å²) in [6, 6.07) is 17.3. The third-order valence-corrected chi connectivity index (χ3v) is 7.31. The Morgan fingerprint density at radius 2 is 1.79 bits per heavy atom. The first-order valence-electron chi connectivity index (χ1n) is 12.5. The third-order valence-electron chi connectivity index (χ3n) is 6.42. The molecule has 0 saturated carbocycles. The van der Waals surface area contributed by atoms with E-state index in [2.05, 4.69) is 44.3 Å². The molecule has 0 aliphatic carbocycles. The molecule has 2 N–H and O–H groups in total. The van der Waals surface area contributed by atoms with Crippen LogP contribution in [-0.2, 0) is 0 Å². The van der Waals surface area contributed by atoms with E-state index in [4.69, 9.17) is 4.74 Å². The zero-order valence-electron chi connectivity index (χ0n) is 22.0. The molecular weight excluding hydrogens is 500 g/mol. The van der Waals surface area contributed by atoms with Crippen LogP contribution in [0.1, 0.15) is 20.8 Å². The van der Waals surface area contributed by atoms with Crippen molar-refractivity contribution < 1.29 is 14.6 Å². The van der Waals surface area contributed by atoms with Gasteiger partial charge in [0.2, 0.25) is 11.8 Å². The lowest BCUT2D eigenvalue weighted by atomic mass is 10.1. The number of nitrogens with one attached hydrogen (secondary N) is 1. The van der Waals surface area contributed by atoms with Crippen LogP contribution in [0.4, 0.5) is 27.8 Å². The molecule has 2 aromatic heterocycles. The van der Waals surface area contributed by atoms with Gasteiger partial charge in [-0.15, -0.1) is 11.3 Å². The first-order chi connectivity index (χ1) is 18.2. The first kappa shape index (κ1) is 25.7. The fourth-order valence-corrected chi connectivity index (χ4v) is 5.25. The Kier molecular flexibility index (Phi) is 7.09. The summed E-state index contributed by atoms with van der Waals surface area (Å²) in [5, 5.41) is 15.0. The van der Waals surface area contributed by atoms with Gasteiger partial charge < -0.3 is 25.0 Å². The van der Waals surface area contributed by atoms with Crippen LogP contribution in [0.5, 0.6) is 11.6 Å². The molecule has 0 atom stereocenters. The lowest BCUT2D eigenvalue weighted by Crippen LogP contribution is -2.45. The van der Waals surface area contributed by atoms with Gasteiger partial charge in [0.15, 0.2) is 0 Å². The van der Waals surface area contributed by atoms with Gasteiger partial charge in [0.05, 0.1) is 11.2 Å². The summed E-state index contributed by atoms with van der Waals surface area (Å²) < 4.78 is 7.02. The third kappa shape index (κ3) is 5.66. The summed E-state index contributed by atoms with van der Waals surface area (Å²) in [6.07, 6.45) is -1.03. The fraction of sp³-hybridized carbons (Fsp3) is 0.321. The molecule has 2 aromatic carbocycles. The number of amides is 1. The maximum absolute atomic E-state index is 12.0. The van der Waals surface area contributed by atoms with E-state index in [0.717, 1.165) is 42.1 Å². The standard InChI is InChI=1S/C28H32N6O3S/c1-28(2,3)34(27(35)36)21-6-5-7-22(18-21)37-25-24-23(12-17-38-24)30-26(31-25)29-19-8-10-20(11-9-19)33-15-13-32(4)14-16-33/h5-12,17-18H,13-16H2,1-4H3,(H,35,36)(H,29,30,31). The predicted octanol–water partition coefficient (Wildman–Crippen LogP) is 6.26. The van der Waals surface area contributed by atoms with E-state index in [-0.39, 0.29) is 0 Å². The molecule has 198 valence electrons. The monoisotopic (exact) mass is 532 g/mol. The van der Waals surface area contributed by atoms with E-state index in [9.17, 15) is 9.90 Å². The minimum absolute atomic E-state index is 0.413. The van der Waals surface area contributed by atoms with Gasteiger partial charge in [0.25, 0.3) is 0 Å². The molecule has 0 bridgehead atoms. The highest BCUT2D eigenvalue weighted by molar-refractivity contribution is 7.17. The zero-order chi connectivity index (χ0) is 26.9. The summed E-state index contributed by atoms with van der Waals surface area (Å²) in [4.78, 5) is 27.3. The number of rotatable bonds is 6. The van der Waals surface area contributed by atoms with Crippen LogP contribution < -0.4 is 19.9 Å². The number of carboxylic acid groups (broad SMARTS) is 1. The molecule has 5 rings (SSSR count). The Morgan fingerprint density at radius 1 is 1.05 bits per heavy atom. The average molecular weight is 533 g/mol. The van der Waals surface area contributed by atoms with E-state index >= 15 is 0 Å². The van der Waals surface area contributed by atoms with Crippen LogP contribution in [0.15, 0.2) is 60.0 Å². The molecule has 0 unspecified atom stereocenters. The number of likely N-dealkylation sites (N-methyl/N-ethyl adjacent to an activating group) is 1. The quantitative estimate of drug-likeness (QED) is 0.300. The fourth-order valence-electron chi connectivity index (χ4n) is 4.49. The Morgan fingerprint density at radius 3 is 2.47 bits per heavy atom. The zero-order valence-corrected chi connectivity index (χ0v) is 22.8. The van der Waals surface area contributed by atoms with Crippen molar-refractivity contribution in [3.63, 3.8) is 0 Å². The average Bonchev–Trinajstić information content (AvgIpc) is 3.33. The van der Waals surface area contributed by atoms with E-state index in [1.54, 1.807) is 24.3 Å². The van der Waals surface area contributed by atoms with Crippen LogP contribution in [-0.4, -0.2) is 64.8 Å². The second-order valence-corrected chi connectivity index (χ2v) is 11.3. The topological polar surface area (TPSA) is 94.1 Å². The van der Waals surface area contributed by atoms with Gasteiger partial charge in [-0.05, 0) is 75.7 Å². The smallest absolute Gasteiger partial charge is 0.412 e. The lowest BCUT2D eigenvalue weighted by molar-refractivity contribution is 0.195. The highest BCUT2D eigenvalue weighted by Crippen LogP contribution is 2.35.